The molecular weight excluding hydrogens is 315 g/mol. The van der Waals surface area contributed by atoms with Crippen LogP contribution in [-0.4, -0.2) is 9.97 Å². The fourth-order valence-electron chi connectivity index (χ4n) is 2.64. The molecule has 3 aromatic rings. The summed E-state index contributed by atoms with van der Waals surface area (Å²) in [6.45, 7) is 4.33. The van der Waals surface area contributed by atoms with E-state index in [1.54, 1.807) is 12.1 Å². The van der Waals surface area contributed by atoms with Crippen molar-refractivity contribution in [2.75, 3.05) is 10.6 Å². The molecule has 4 nitrogen and oxygen atoms in total. The summed E-state index contributed by atoms with van der Waals surface area (Å²) in [5, 5.41) is 6.52. The van der Waals surface area contributed by atoms with Crippen molar-refractivity contribution in [1.82, 2.24) is 9.97 Å². The molecule has 0 radical (unpaired) electrons. The monoisotopic (exact) mass is 336 g/mol. The van der Waals surface area contributed by atoms with Crippen molar-refractivity contribution in [2.45, 2.75) is 26.8 Å². The van der Waals surface area contributed by atoms with Crippen LogP contribution in [0.3, 0.4) is 0 Å². The molecule has 0 fully saturated rings. The third-order valence-corrected chi connectivity index (χ3v) is 3.92. The summed E-state index contributed by atoms with van der Waals surface area (Å²) in [6.07, 6.45) is 0.936. The van der Waals surface area contributed by atoms with E-state index in [1.165, 1.54) is 11.6 Å². The van der Waals surface area contributed by atoms with Gasteiger partial charge in [-0.1, -0.05) is 43.3 Å². The van der Waals surface area contributed by atoms with Crippen molar-refractivity contribution in [3.8, 4) is 0 Å². The summed E-state index contributed by atoms with van der Waals surface area (Å²) >= 11 is 0. The largest absolute Gasteiger partial charge is 0.366 e. The maximum Gasteiger partial charge on any atom is 0.136 e. The minimum Gasteiger partial charge on any atom is -0.366 e. The number of rotatable bonds is 6. The Morgan fingerprint density at radius 3 is 2.36 bits per heavy atom. The molecule has 0 aliphatic heterocycles. The van der Waals surface area contributed by atoms with E-state index in [9.17, 15) is 4.39 Å². The Morgan fingerprint density at radius 2 is 1.60 bits per heavy atom. The molecule has 0 spiro atoms. The van der Waals surface area contributed by atoms with Crippen LogP contribution in [-0.2, 0) is 13.0 Å². The van der Waals surface area contributed by atoms with Gasteiger partial charge in [0.1, 0.15) is 23.3 Å². The van der Waals surface area contributed by atoms with Gasteiger partial charge in [0, 0.05) is 23.9 Å². The molecule has 1 aromatic heterocycles. The maximum absolute atomic E-state index is 13.7. The highest BCUT2D eigenvalue weighted by Gasteiger charge is 2.06. The number of aromatic nitrogens is 2. The molecule has 0 aliphatic rings. The Morgan fingerprint density at radius 1 is 0.920 bits per heavy atom. The molecule has 2 aromatic carbocycles. The van der Waals surface area contributed by atoms with Crippen molar-refractivity contribution in [2.24, 2.45) is 0 Å². The second kappa shape index (κ2) is 7.75. The lowest BCUT2D eigenvalue weighted by molar-refractivity contribution is 0.613. The Labute approximate surface area is 147 Å². The number of anilines is 3. The van der Waals surface area contributed by atoms with Gasteiger partial charge >= 0.3 is 0 Å². The average molecular weight is 336 g/mol. The number of benzene rings is 2. The number of aryl methyl sites for hydroxylation is 2. The third-order valence-electron chi connectivity index (χ3n) is 3.92. The molecule has 5 heteroatoms. The van der Waals surface area contributed by atoms with Crippen molar-refractivity contribution in [1.29, 1.82) is 0 Å². The lowest BCUT2D eigenvalue weighted by Gasteiger charge is -2.13. The van der Waals surface area contributed by atoms with Crippen molar-refractivity contribution in [3.05, 3.63) is 77.4 Å². The van der Waals surface area contributed by atoms with Gasteiger partial charge in [-0.3, -0.25) is 0 Å². The molecular formula is C20H21FN4. The van der Waals surface area contributed by atoms with Gasteiger partial charge in [0.2, 0.25) is 0 Å². The van der Waals surface area contributed by atoms with E-state index < -0.39 is 0 Å². The van der Waals surface area contributed by atoms with Crippen LogP contribution < -0.4 is 10.6 Å². The van der Waals surface area contributed by atoms with Crippen LogP contribution in [0.2, 0.25) is 0 Å². The zero-order chi connectivity index (χ0) is 17.6. The molecule has 25 heavy (non-hydrogen) atoms. The van der Waals surface area contributed by atoms with Gasteiger partial charge in [0.25, 0.3) is 0 Å². The fourth-order valence-corrected chi connectivity index (χ4v) is 2.64. The van der Waals surface area contributed by atoms with Crippen molar-refractivity contribution >= 4 is 17.3 Å². The molecule has 3 rings (SSSR count). The molecule has 0 saturated heterocycles. The minimum atomic E-state index is -0.226. The molecule has 0 atom stereocenters. The predicted octanol–water partition coefficient (Wildman–Crippen LogP) is 4.84. The van der Waals surface area contributed by atoms with Crippen LogP contribution in [0.1, 0.15) is 23.9 Å². The first-order valence-electron chi connectivity index (χ1n) is 8.33. The summed E-state index contributed by atoms with van der Waals surface area (Å²) in [5.41, 5.74) is 2.85. The van der Waals surface area contributed by atoms with Crippen LogP contribution in [0, 0.1) is 12.7 Å². The molecule has 0 aliphatic carbocycles. The van der Waals surface area contributed by atoms with Crippen molar-refractivity contribution < 1.29 is 4.39 Å². The van der Waals surface area contributed by atoms with Gasteiger partial charge in [-0.25, -0.2) is 14.4 Å². The second-order valence-electron chi connectivity index (χ2n) is 5.77. The smallest absolute Gasteiger partial charge is 0.136 e. The topological polar surface area (TPSA) is 49.8 Å². The van der Waals surface area contributed by atoms with E-state index >= 15 is 0 Å². The standard InChI is InChI=1S/C20H21FN4/c1-3-15-8-5-7-11-18(15)25-20-12-19(23-14(2)24-20)22-13-16-9-4-6-10-17(16)21/h4-12H,3,13H2,1-2H3,(H2,22,23,24,25). The highest BCUT2D eigenvalue weighted by atomic mass is 19.1. The van der Waals surface area contributed by atoms with Crippen LogP contribution in [0.5, 0.6) is 0 Å². The summed E-state index contributed by atoms with van der Waals surface area (Å²) < 4.78 is 13.7. The van der Waals surface area contributed by atoms with E-state index in [-0.39, 0.29) is 5.82 Å². The highest BCUT2D eigenvalue weighted by molar-refractivity contribution is 5.62. The highest BCUT2D eigenvalue weighted by Crippen LogP contribution is 2.22. The van der Waals surface area contributed by atoms with Gasteiger partial charge in [0.15, 0.2) is 0 Å². The summed E-state index contributed by atoms with van der Waals surface area (Å²) in [5.74, 6) is 1.79. The molecule has 128 valence electrons. The Balaban J connectivity index is 1.77. The summed E-state index contributed by atoms with van der Waals surface area (Å²) in [4.78, 5) is 8.82. The molecule has 1 heterocycles. The molecule has 0 amide bonds. The first-order valence-corrected chi connectivity index (χ1v) is 8.33. The van der Waals surface area contributed by atoms with E-state index in [4.69, 9.17) is 0 Å². The number of para-hydroxylation sites is 1. The fraction of sp³-hybridized carbons (Fsp3) is 0.200. The zero-order valence-corrected chi connectivity index (χ0v) is 14.4. The normalized spacial score (nSPS) is 10.5. The number of nitrogens with zero attached hydrogens (tertiary/aromatic N) is 2. The number of hydrogen-bond donors (Lipinski definition) is 2. The summed E-state index contributed by atoms with van der Waals surface area (Å²) in [6, 6.07) is 16.7. The first kappa shape index (κ1) is 16.9. The van der Waals surface area contributed by atoms with Gasteiger partial charge in [0.05, 0.1) is 0 Å². The molecule has 0 saturated carbocycles. The van der Waals surface area contributed by atoms with E-state index in [0.29, 0.717) is 29.6 Å². The van der Waals surface area contributed by atoms with Crippen LogP contribution >= 0.6 is 0 Å². The van der Waals surface area contributed by atoms with Crippen LogP contribution in [0.25, 0.3) is 0 Å². The van der Waals surface area contributed by atoms with Gasteiger partial charge in [-0.05, 0) is 31.0 Å². The Bertz CT molecular complexity index is 864. The average Bonchev–Trinajstić information content (AvgIpc) is 2.61. The first-order chi connectivity index (χ1) is 12.2. The third kappa shape index (κ3) is 4.32. The quantitative estimate of drug-likeness (QED) is 0.676. The second-order valence-corrected chi connectivity index (χ2v) is 5.77. The predicted molar refractivity (Wildman–Crippen MR) is 99.6 cm³/mol. The minimum absolute atomic E-state index is 0.226. The van der Waals surface area contributed by atoms with Crippen molar-refractivity contribution in [3.63, 3.8) is 0 Å². The number of halogens is 1. The van der Waals surface area contributed by atoms with Gasteiger partial charge < -0.3 is 10.6 Å². The number of hydrogen-bond acceptors (Lipinski definition) is 4. The zero-order valence-electron chi connectivity index (χ0n) is 14.4. The lowest BCUT2D eigenvalue weighted by atomic mass is 10.1. The van der Waals surface area contributed by atoms with E-state index in [2.05, 4.69) is 33.6 Å². The Hall–Kier alpha value is -2.95. The van der Waals surface area contributed by atoms with Crippen LogP contribution in [0.15, 0.2) is 54.6 Å². The van der Waals surface area contributed by atoms with E-state index in [1.807, 2.05) is 37.3 Å². The van der Waals surface area contributed by atoms with Gasteiger partial charge in [-0.2, -0.15) is 0 Å². The maximum atomic E-state index is 13.7. The lowest BCUT2D eigenvalue weighted by Crippen LogP contribution is -2.06. The Kier molecular flexibility index (Phi) is 5.23. The van der Waals surface area contributed by atoms with Gasteiger partial charge in [-0.15, -0.1) is 0 Å². The molecule has 0 bridgehead atoms. The SMILES string of the molecule is CCc1ccccc1Nc1cc(NCc2ccccc2F)nc(C)n1. The summed E-state index contributed by atoms with van der Waals surface area (Å²) in [7, 11) is 0. The van der Waals surface area contributed by atoms with E-state index in [0.717, 1.165) is 12.1 Å². The number of nitrogens with one attached hydrogen (secondary N) is 2. The van der Waals surface area contributed by atoms with Crippen LogP contribution in [0.4, 0.5) is 21.7 Å². The molecule has 0 unspecified atom stereocenters. The molecule has 2 N–H and O–H groups in total.